The summed E-state index contributed by atoms with van der Waals surface area (Å²) in [6, 6.07) is 14.2. The van der Waals surface area contributed by atoms with Gasteiger partial charge in [0.1, 0.15) is 0 Å². The maximum absolute atomic E-state index is 12.6. The van der Waals surface area contributed by atoms with Gasteiger partial charge >= 0.3 is 0 Å². The fraction of sp³-hybridized carbons (Fsp3) is 0.211. The molecule has 0 amide bonds. The fourth-order valence-corrected chi connectivity index (χ4v) is 3.15. The summed E-state index contributed by atoms with van der Waals surface area (Å²) in [6.07, 6.45) is 5.72. The lowest BCUT2D eigenvalue weighted by Gasteiger charge is -2.12. The Balaban J connectivity index is 1.52. The van der Waals surface area contributed by atoms with Crippen molar-refractivity contribution in [2.24, 2.45) is 0 Å². The van der Waals surface area contributed by atoms with Crippen LogP contribution in [0.25, 0.3) is 6.08 Å². The molecule has 0 bridgehead atoms. The van der Waals surface area contributed by atoms with E-state index in [1.807, 2.05) is 24.3 Å². The molecule has 0 radical (unpaired) electrons. The minimum Gasteiger partial charge on any atom is -0.294 e. The van der Waals surface area contributed by atoms with Gasteiger partial charge in [-0.1, -0.05) is 48.6 Å². The van der Waals surface area contributed by atoms with Crippen molar-refractivity contribution in [2.45, 2.75) is 19.0 Å². The molecule has 0 aromatic heterocycles. The highest BCUT2D eigenvalue weighted by Crippen LogP contribution is 2.22. The third-order valence-corrected chi connectivity index (χ3v) is 4.39. The number of Topliss-reactive ketones (excluding diaryl/α,β-unsaturated/α-hetero) is 1. The molecule has 0 saturated carbocycles. The van der Waals surface area contributed by atoms with E-state index in [0.717, 1.165) is 29.8 Å². The van der Waals surface area contributed by atoms with Crippen molar-refractivity contribution in [3.63, 3.8) is 0 Å². The molecular weight excluding hydrogens is 286 g/mol. The first-order chi connectivity index (χ1) is 11.3. The van der Waals surface area contributed by atoms with Crippen LogP contribution in [0.2, 0.25) is 0 Å². The molecule has 0 spiro atoms. The summed E-state index contributed by atoms with van der Waals surface area (Å²) in [5.41, 5.74) is 11.7. The second-order valence-corrected chi connectivity index (χ2v) is 6.00. The monoisotopic (exact) mass is 305 g/mol. The number of allylic oxidation sites excluding steroid dienone is 1. The van der Waals surface area contributed by atoms with Crippen LogP contribution in [0.15, 0.2) is 48.5 Å². The molecule has 1 heterocycles. The van der Waals surface area contributed by atoms with Crippen molar-refractivity contribution in [2.75, 3.05) is 6.67 Å². The molecule has 4 rings (SSSR count). The predicted molar refractivity (Wildman–Crippen MR) is 90.7 cm³/mol. The van der Waals surface area contributed by atoms with E-state index < -0.39 is 0 Å². The highest BCUT2D eigenvalue weighted by atomic mass is 16.1. The third kappa shape index (κ3) is 2.97. The summed E-state index contributed by atoms with van der Waals surface area (Å²) in [5.74, 6) is 0.163. The van der Waals surface area contributed by atoms with Gasteiger partial charge in [0.25, 0.3) is 0 Å². The number of hydrogen-bond acceptors (Lipinski definition) is 4. The Bertz CT molecular complexity index is 776. The minimum atomic E-state index is 0.0928. The predicted octanol–water partition coefficient (Wildman–Crippen LogP) is 2.33. The molecular formula is C19H19N3O. The standard InChI is InChI=1S/C19H19N3O/c23-18(16-8-7-14-4-2-5-15(14)11-16)10-13-3-1-6-17(9-13)19-20-12-21-22-19/h1-3,5-9,11,19-22H,4,10,12H2. The molecule has 1 unspecified atom stereocenters. The Morgan fingerprint density at radius 1 is 1.17 bits per heavy atom. The highest BCUT2D eigenvalue weighted by Gasteiger charge is 2.16. The minimum absolute atomic E-state index is 0.0928. The van der Waals surface area contributed by atoms with Crippen molar-refractivity contribution in [3.05, 3.63) is 76.4 Å². The fourth-order valence-electron chi connectivity index (χ4n) is 3.15. The number of nitrogens with one attached hydrogen (secondary N) is 3. The summed E-state index contributed by atoms with van der Waals surface area (Å²) in [6.45, 7) is 0.733. The third-order valence-electron chi connectivity index (χ3n) is 4.39. The van der Waals surface area contributed by atoms with Crippen LogP contribution < -0.4 is 16.2 Å². The van der Waals surface area contributed by atoms with E-state index in [1.54, 1.807) is 0 Å². The molecule has 1 aliphatic heterocycles. The van der Waals surface area contributed by atoms with E-state index in [2.05, 4.69) is 46.5 Å². The van der Waals surface area contributed by atoms with Gasteiger partial charge in [0.2, 0.25) is 0 Å². The van der Waals surface area contributed by atoms with E-state index in [-0.39, 0.29) is 11.9 Å². The summed E-state index contributed by atoms with van der Waals surface area (Å²) in [5, 5.41) is 3.30. The maximum atomic E-state index is 12.6. The van der Waals surface area contributed by atoms with Crippen LogP contribution in [0.3, 0.4) is 0 Å². The van der Waals surface area contributed by atoms with Crippen LogP contribution in [-0.4, -0.2) is 12.5 Å². The zero-order chi connectivity index (χ0) is 15.6. The van der Waals surface area contributed by atoms with Crippen molar-refractivity contribution >= 4 is 11.9 Å². The Kier molecular flexibility index (Phi) is 3.79. The topological polar surface area (TPSA) is 53.2 Å². The first-order valence-electron chi connectivity index (χ1n) is 7.93. The molecule has 116 valence electrons. The Hall–Kier alpha value is -2.27. The van der Waals surface area contributed by atoms with E-state index in [4.69, 9.17) is 0 Å². The normalized spacial score (nSPS) is 19.0. The summed E-state index contributed by atoms with van der Waals surface area (Å²) in [4.78, 5) is 12.6. The second-order valence-electron chi connectivity index (χ2n) is 6.00. The van der Waals surface area contributed by atoms with Crippen LogP contribution in [-0.2, 0) is 12.8 Å². The van der Waals surface area contributed by atoms with Crippen molar-refractivity contribution < 1.29 is 4.79 Å². The van der Waals surface area contributed by atoms with Gasteiger partial charge in [-0.3, -0.25) is 10.1 Å². The van der Waals surface area contributed by atoms with E-state index in [1.165, 1.54) is 11.1 Å². The van der Waals surface area contributed by atoms with E-state index in [0.29, 0.717) is 6.42 Å². The summed E-state index contributed by atoms with van der Waals surface area (Å²) >= 11 is 0. The summed E-state index contributed by atoms with van der Waals surface area (Å²) < 4.78 is 0. The van der Waals surface area contributed by atoms with Crippen molar-refractivity contribution in [3.8, 4) is 0 Å². The van der Waals surface area contributed by atoms with Gasteiger partial charge in [-0.05, 0) is 34.7 Å². The molecule has 1 aliphatic carbocycles. The zero-order valence-electron chi connectivity index (χ0n) is 12.8. The number of fused-ring (bicyclic) bond motifs is 1. The molecule has 1 saturated heterocycles. The number of ketones is 1. The van der Waals surface area contributed by atoms with Crippen molar-refractivity contribution in [1.82, 2.24) is 16.2 Å². The van der Waals surface area contributed by atoms with Gasteiger partial charge in [-0.2, -0.15) is 0 Å². The lowest BCUT2D eigenvalue weighted by Crippen LogP contribution is -2.25. The summed E-state index contributed by atoms with van der Waals surface area (Å²) in [7, 11) is 0. The zero-order valence-corrected chi connectivity index (χ0v) is 12.8. The van der Waals surface area contributed by atoms with Gasteiger partial charge in [0, 0.05) is 12.0 Å². The van der Waals surface area contributed by atoms with E-state index >= 15 is 0 Å². The highest BCUT2D eigenvalue weighted by molar-refractivity contribution is 5.98. The molecule has 3 N–H and O–H groups in total. The van der Waals surface area contributed by atoms with Crippen LogP contribution in [0.1, 0.15) is 38.8 Å². The smallest absolute Gasteiger partial charge is 0.167 e. The van der Waals surface area contributed by atoms with E-state index in [9.17, 15) is 4.79 Å². The molecule has 1 atom stereocenters. The second kappa shape index (κ2) is 6.08. The number of hydrogen-bond donors (Lipinski definition) is 3. The molecule has 23 heavy (non-hydrogen) atoms. The SMILES string of the molecule is O=C(Cc1cccc(C2NCNN2)c1)c1ccc2c(c1)C=CC2. The largest absolute Gasteiger partial charge is 0.294 e. The van der Waals surface area contributed by atoms with Crippen LogP contribution >= 0.6 is 0 Å². The number of hydrazine groups is 1. The Morgan fingerprint density at radius 3 is 3.00 bits per heavy atom. The van der Waals surface area contributed by atoms with Gasteiger partial charge < -0.3 is 0 Å². The Labute approximate surface area is 135 Å². The molecule has 4 nitrogen and oxygen atoms in total. The maximum Gasteiger partial charge on any atom is 0.167 e. The Morgan fingerprint density at radius 2 is 2.13 bits per heavy atom. The average Bonchev–Trinajstić information content (AvgIpc) is 3.26. The lowest BCUT2D eigenvalue weighted by molar-refractivity contribution is 0.0993. The van der Waals surface area contributed by atoms with Crippen molar-refractivity contribution in [1.29, 1.82) is 0 Å². The lowest BCUT2D eigenvalue weighted by atomic mass is 9.98. The first-order valence-corrected chi connectivity index (χ1v) is 7.93. The molecule has 2 aromatic rings. The van der Waals surface area contributed by atoms with Crippen LogP contribution in [0, 0.1) is 0 Å². The van der Waals surface area contributed by atoms with Gasteiger partial charge in [-0.15, -0.1) is 0 Å². The van der Waals surface area contributed by atoms with Gasteiger partial charge in [0.15, 0.2) is 5.78 Å². The number of carbonyl (C=O) groups excluding carboxylic acids is 1. The number of carbonyl (C=O) groups is 1. The average molecular weight is 305 g/mol. The molecule has 2 aliphatic rings. The molecule has 1 fully saturated rings. The number of benzene rings is 2. The van der Waals surface area contributed by atoms with Crippen LogP contribution in [0.4, 0.5) is 0 Å². The molecule has 4 heteroatoms. The quantitative estimate of drug-likeness (QED) is 0.759. The van der Waals surface area contributed by atoms with Gasteiger partial charge in [0.05, 0.1) is 12.8 Å². The van der Waals surface area contributed by atoms with Gasteiger partial charge in [-0.25, -0.2) is 10.9 Å². The number of rotatable bonds is 4. The van der Waals surface area contributed by atoms with Crippen LogP contribution in [0.5, 0.6) is 0 Å². The first kappa shape index (κ1) is 14.3. The molecule has 2 aromatic carbocycles.